The molecule has 0 aliphatic rings. The molecule has 0 amide bonds. The zero-order valence-corrected chi connectivity index (χ0v) is 9.36. The molecule has 0 bridgehead atoms. The number of allylic oxidation sites excluding steroid dienone is 2. The van der Waals surface area contributed by atoms with E-state index in [1.807, 2.05) is 19.1 Å². The maximum Gasteiger partial charge on any atom is 0.337 e. The number of nitriles is 1. The fourth-order valence-electron chi connectivity index (χ4n) is 1.42. The van der Waals surface area contributed by atoms with E-state index in [1.54, 1.807) is 18.2 Å². The van der Waals surface area contributed by atoms with Gasteiger partial charge < -0.3 is 4.74 Å². The van der Waals surface area contributed by atoms with Crippen LogP contribution in [0.15, 0.2) is 30.3 Å². The summed E-state index contributed by atoms with van der Waals surface area (Å²) in [6.45, 7) is 1.87. The summed E-state index contributed by atoms with van der Waals surface area (Å²) in [5.74, 6) is -0.366. The van der Waals surface area contributed by atoms with Crippen LogP contribution in [0, 0.1) is 11.3 Å². The number of hydrogen-bond acceptors (Lipinski definition) is 3. The van der Waals surface area contributed by atoms with E-state index in [2.05, 4.69) is 10.8 Å². The largest absolute Gasteiger partial charge is 0.465 e. The van der Waals surface area contributed by atoms with Gasteiger partial charge in [-0.2, -0.15) is 5.26 Å². The topological polar surface area (TPSA) is 50.1 Å². The maximum absolute atomic E-state index is 11.3. The van der Waals surface area contributed by atoms with Gasteiger partial charge in [0.15, 0.2) is 0 Å². The van der Waals surface area contributed by atoms with Gasteiger partial charge in [-0.15, -0.1) is 0 Å². The van der Waals surface area contributed by atoms with Gasteiger partial charge in [0.25, 0.3) is 0 Å². The van der Waals surface area contributed by atoms with Crippen LogP contribution in [0.5, 0.6) is 0 Å². The van der Waals surface area contributed by atoms with Gasteiger partial charge in [-0.3, -0.25) is 0 Å². The van der Waals surface area contributed by atoms with Crippen LogP contribution in [0.4, 0.5) is 0 Å². The maximum atomic E-state index is 11.3. The quantitative estimate of drug-likeness (QED) is 0.728. The van der Waals surface area contributed by atoms with Gasteiger partial charge in [0.1, 0.15) is 0 Å². The molecule has 3 nitrogen and oxygen atoms in total. The standard InChI is InChI=1S/C13H13NO2/c1-3-10(7-8-14)11-5-4-6-12(9-11)13(15)16-2/h3-6,9H,7H2,1-2H3/b10-3-. The first-order valence-electron chi connectivity index (χ1n) is 4.93. The van der Waals surface area contributed by atoms with Crippen molar-refractivity contribution in [3.05, 3.63) is 41.5 Å². The lowest BCUT2D eigenvalue weighted by molar-refractivity contribution is 0.0600. The highest BCUT2D eigenvalue weighted by atomic mass is 16.5. The molecular weight excluding hydrogens is 202 g/mol. The van der Waals surface area contributed by atoms with Crippen LogP contribution in [0.3, 0.4) is 0 Å². The van der Waals surface area contributed by atoms with Crippen LogP contribution in [0.25, 0.3) is 5.57 Å². The fourth-order valence-corrected chi connectivity index (χ4v) is 1.42. The predicted octanol–water partition coefficient (Wildman–Crippen LogP) is 2.79. The molecule has 82 valence electrons. The van der Waals surface area contributed by atoms with Crippen molar-refractivity contribution in [2.75, 3.05) is 7.11 Å². The van der Waals surface area contributed by atoms with Gasteiger partial charge in [-0.25, -0.2) is 4.79 Å². The van der Waals surface area contributed by atoms with Crippen molar-refractivity contribution in [2.24, 2.45) is 0 Å². The Bertz CT molecular complexity index is 455. The Hall–Kier alpha value is -2.08. The van der Waals surface area contributed by atoms with Gasteiger partial charge in [-0.05, 0) is 30.2 Å². The van der Waals surface area contributed by atoms with E-state index in [1.165, 1.54) is 7.11 Å². The number of nitrogens with zero attached hydrogens (tertiary/aromatic N) is 1. The second-order valence-electron chi connectivity index (χ2n) is 3.22. The molecule has 0 radical (unpaired) electrons. The van der Waals surface area contributed by atoms with Crippen LogP contribution >= 0.6 is 0 Å². The summed E-state index contributed by atoms with van der Waals surface area (Å²) < 4.78 is 4.64. The van der Waals surface area contributed by atoms with Crippen molar-refractivity contribution in [3.63, 3.8) is 0 Å². The molecule has 1 aromatic rings. The Labute approximate surface area is 95.0 Å². The van der Waals surface area contributed by atoms with Crippen LogP contribution in [0.2, 0.25) is 0 Å². The number of rotatable bonds is 3. The molecule has 0 aliphatic heterocycles. The number of carbonyl (C=O) groups is 1. The summed E-state index contributed by atoms with van der Waals surface area (Å²) in [7, 11) is 1.35. The summed E-state index contributed by atoms with van der Waals surface area (Å²) in [5.41, 5.74) is 2.29. The normalized spacial score (nSPS) is 10.7. The van der Waals surface area contributed by atoms with Gasteiger partial charge in [-0.1, -0.05) is 18.2 Å². The zero-order chi connectivity index (χ0) is 12.0. The molecular formula is C13H13NO2. The first-order valence-corrected chi connectivity index (χ1v) is 4.93. The average Bonchev–Trinajstić information content (AvgIpc) is 2.35. The Morgan fingerprint density at radius 1 is 1.50 bits per heavy atom. The van der Waals surface area contributed by atoms with Crippen molar-refractivity contribution in [2.45, 2.75) is 13.3 Å². The molecule has 3 heteroatoms. The number of esters is 1. The fraction of sp³-hybridized carbons (Fsp3) is 0.231. The molecule has 0 N–H and O–H groups in total. The Balaban J connectivity index is 3.08. The van der Waals surface area contributed by atoms with E-state index in [9.17, 15) is 4.79 Å². The number of carbonyl (C=O) groups excluding carboxylic acids is 1. The van der Waals surface area contributed by atoms with Crippen molar-refractivity contribution in [1.82, 2.24) is 0 Å². The van der Waals surface area contributed by atoms with E-state index >= 15 is 0 Å². The molecule has 0 saturated carbocycles. The second-order valence-corrected chi connectivity index (χ2v) is 3.22. The molecule has 0 fully saturated rings. The number of methoxy groups -OCH3 is 1. The molecule has 0 heterocycles. The summed E-state index contributed by atoms with van der Waals surface area (Å²) in [4.78, 5) is 11.3. The van der Waals surface area contributed by atoms with Crippen molar-refractivity contribution in [1.29, 1.82) is 5.26 Å². The Morgan fingerprint density at radius 2 is 2.19 bits per heavy atom. The Morgan fingerprint density at radius 3 is 2.75 bits per heavy atom. The molecule has 0 aromatic heterocycles. The van der Waals surface area contributed by atoms with Crippen molar-refractivity contribution >= 4 is 11.5 Å². The lowest BCUT2D eigenvalue weighted by Gasteiger charge is -2.05. The minimum absolute atomic E-state index is 0.334. The highest BCUT2D eigenvalue weighted by Gasteiger charge is 2.07. The first-order chi connectivity index (χ1) is 7.72. The van der Waals surface area contributed by atoms with E-state index < -0.39 is 0 Å². The van der Waals surface area contributed by atoms with E-state index in [0.717, 1.165) is 11.1 Å². The SMILES string of the molecule is C/C=C(/CC#N)c1cccc(C(=O)OC)c1. The molecule has 16 heavy (non-hydrogen) atoms. The molecule has 0 aliphatic carbocycles. The van der Waals surface area contributed by atoms with Crippen LogP contribution in [-0.4, -0.2) is 13.1 Å². The van der Waals surface area contributed by atoms with Gasteiger partial charge in [0.2, 0.25) is 0 Å². The van der Waals surface area contributed by atoms with Crippen molar-refractivity contribution in [3.8, 4) is 6.07 Å². The Kier molecular flexibility index (Phi) is 4.28. The summed E-state index contributed by atoms with van der Waals surface area (Å²) in [6, 6.07) is 9.17. The lowest BCUT2D eigenvalue weighted by atomic mass is 10.0. The first kappa shape index (κ1) is 12.0. The minimum atomic E-state index is -0.366. The third kappa shape index (κ3) is 2.71. The summed E-state index contributed by atoms with van der Waals surface area (Å²) in [6.07, 6.45) is 2.21. The minimum Gasteiger partial charge on any atom is -0.465 e. The van der Waals surface area contributed by atoms with Gasteiger partial charge in [0, 0.05) is 0 Å². The monoisotopic (exact) mass is 215 g/mol. The number of hydrogen-bond donors (Lipinski definition) is 0. The van der Waals surface area contributed by atoms with E-state index in [4.69, 9.17) is 5.26 Å². The summed E-state index contributed by atoms with van der Waals surface area (Å²) >= 11 is 0. The predicted molar refractivity (Wildman–Crippen MR) is 61.7 cm³/mol. The lowest BCUT2D eigenvalue weighted by Crippen LogP contribution is -2.01. The van der Waals surface area contributed by atoms with Crippen LogP contribution in [0.1, 0.15) is 29.3 Å². The summed E-state index contributed by atoms with van der Waals surface area (Å²) in [5, 5.41) is 8.67. The number of benzene rings is 1. The average molecular weight is 215 g/mol. The molecule has 0 spiro atoms. The van der Waals surface area contributed by atoms with Crippen molar-refractivity contribution < 1.29 is 9.53 Å². The van der Waals surface area contributed by atoms with Gasteiger partial charge in [0.05, 0.1) is 25.2 Å². The zero-order valence-electron chi connectivity index (χ0n) is 9.36. The van der Waals surface area contributed by atoms with Crippen LogP contribution in [-0.2, 0) is 4.74 Å². The smallest absolute Gasteiger partial charge is 0.337 e. The molecule has 0 atom stereocenters. The molecule has 0 unspecified atom stereocenters. The number of ether oxygens (including phenoxy) is 1. The van der Waals surface area contributed by atoms with E-state index in [-0.39, 0.29) is 5.97 Å². The van der Waals surface area contributed by atoms with Crippen LogP contribution < -0.4 is 0 Å². The molecule has 1 aromatic carbocycles. The second kappa shape index (κ2) is 5.72. The van der Waals surface area contributed by atoms with Gasteiger partial charge >= 0.3 is 5.97 Å². The third-order valence-corrected chi connectivity index (χ3v) is 2.27. The molecule has 0 saturated heterocycles. The molecule has 1 rings (SSSR count). The highest BCUT2D eigenvalue weighted by molar-refractivity contribution is 5.90. The third-order valence-electron chi connectivity index (χ3n) is 2.27. The highest BCUT2D eigenvalue weighted by Crippen LogP contribution is 2.19. The van der Waals surface area contributed by atoms with E-state index in [0.29, 0.717) is 12.0 Å².